The molecule has 12 heteroatoms. The number of aromatic nitrogens is 3. The maximum Gasteiger partial charge on any atom is 0.410 e. The second kappa shape index (κ2) is 11.4. The Morgan fingerprint density at radius 2 is 1.92 bits per heavy atom. The van der Waals surface area contributed by atoms with Crippen LogP contribution in [0.3, 0.4) is 0 Å². The summed E-state index contributed by atoms with van der Waals surface area (Å²) in [6.45, 7) is 4.38. The molecule has 0 unspecified atom stereocenters. The van der Waals surface area contributed by atoms with Gasteiger partial charge >= 0.3 is 6.09 Å². The number of pyridine rings is 1. The first-order chi connectivity index (χ1) is 17.6. The summed E-state index contributed by atoms with van der Waals surface area (Å²) in [4.78, 5) is 38.5. The number of rotatable bonds is 10. The molecular formula is C25H37N7O5. The summed E-state index contributed by atoms with van der Waals surface area (Å²) >= 11 is 0. The van der Waals surface area contributed by atoms with E-state index in [0.29, 0.717) is 49.1 Å². The van der Waals surface area contributed by atoms with E-state index >= 15 is 0 Å². The number of nitrogens with one attached hydrogen (secondary N) is 1. The molecule has 202 valence electrons. The second-order valence-electron chi connectivity index (χ2n) is 10.5. The van der Waals surface area contributed by atoms with Gasteiger partial charge in [0.2, 0.25) is 11.8 Å². The Kier molecular flexibility index (Phi) is 8.28. The highest BCUT2D eigenvalue weighted by molar-refractivity contribution is 5.85. The van der Waals surface area contributed by atoms with Crippen molar-refractivity contribution in [2.45, 2.75) is 76.6 Å². The van der Waals surface area contributed by atoms with Crippen LogP contribution in [0.2, 0.25) is 0 Å². The number of amides is 3. The first-order valence-electron chi connectivity index (χ1n) is 12.9. The number of likely N-dealkylation sites (tertiary alicyclic amines) is 1. The number of carbonyl (C=O) groups excluding carboxylic acids is 3. The SMILES string of the molecule is CC(C)(N)C(=O)N[C@H](COCC1CCCC1)c1nnc2cccc(COC(=O)N3CCC[C@@H]3C(N)=O)n12. The molecule has 1 saturated heterocycles. The molecule has 0 bridgehead atoms. The maximum atomic E-state index is 12.8. The smallest absolute Gasteiger partial charge is 0.410 e. The number of nitrogens with zero attached hydrogens (tertiary/aromatic N) is 4. The highest BCUT2D eigenvalue weighted by Gasteiger charge is 2.34. The summed E-state index contributed by atoms with van der Waals surface area (Å²) in [5.74, 6) is 0.0647. The minimum absolute atomic E-state index is 0.0881. The zero-order valence-corrected chi connectivity index (χ0v) is 21.5. The van der Waals surface area contributed by atoms with E-state index in [0.717, 1.165) is 12.8 Å². The third kappa shape index (κ3) is 6.37. The van der Waals surface area contributed by atoms with Crippen molar-refractivity contribution in [3.63, 3.8) is 0 Å². The minimum Gasteiger partial charge on any atom is -0.443 e. The van der Waals surface area contributed by atoms with Crippen LogP contribution in [0.4, 0.5) is 4.79 Å². The number of ether oxygens (including phenoxy) is 2. The molecule has 0 aromatic carbocycles. The molecule has 4 rings (SSSR count). The molecule has 37 heavy (non-hydrogen) atoms. The van der Waals surface area contributed by atoms with Gasteiger partial charge in [0.25, 0.3) is 0 Å². The number of primary amides is 1. The van der Waals surface area contributed by atoms with Gasteiger partial charge in [0.05, 0.1) is 17.8 Å². The molecule has 0 radical (unpaired) electrons. The predicted octanol–water partition coefficient (Wildman–Crippen LogP) is 1.42. The summed E-state index contributed by atoms with van der Waals surface area (Å²) in [6, 6.07) is 4.06. The van der Waals surface area contributed by atoms with E-state index in [1.165, 1.54) is 17.7 Å². The Hall–Kier alpha value is -3.25. The van der Waals surface area contributed by atoms with Crippen molar-refractivity contribution >= 4 is 23.6 Å². The van der Waals surface area contributed by atoms with Gasteiger partial charge in [0, 0.05) is 13.2 Å². The van der Waals surface area contributed by atoms with Crippen LogP contribution in [-0.2, 0) is 25.7 Å². The van der Waals surface area contributed by atoms with Gasteiger partial charge in [-0.15, -0.1) is 10.2 Å². The van der Waals surface area contributed by atoms with E-state index in [-0.39, 0.29) is 19.1 Å². The topological polar surface area (TPSA) is 167 Å². The van der Waals surface area contributed by atoms with Gasteiger partial charge in [0.15, 0.2) is 11.5 Å². The molecule has 3 heterocycles. The highest BCUT2D eigenvalue weighted by atomic mass is 16.6. The Balaban J connectivity index is 1.54. The van der Waals surface area contributed by atoms with Gasteiger partial charge in [-0.1, -0.05) is 18.9 Å². The standard InChI is InChI=1S/C25H37N7O5/c1-25(2,27)23(34)28-18(15-36-13-16-7-3-4-8-16)22-30-29-20-11-5-9-17(32(20)22)14-37-24(35)31-12-6-10-19(31)21(26)33/h5,9,11,16,18-19H,3-4,6-8,10,12-15,27H2,1-2H3,(H2,26,33)(H,28,34)/t18-,19-/m1/s1. The van der Waals surface area contributed by atoms with Gasteiger partial charge in [-0.3, -0.25) is 18.9 Å². The molecule has 12 nitrogen and oxygen atoms in total. The van der Waals surface area contributed by atoms with E-state index in [1.807, 2.05) is 0 Å². The van der Waals surface area contributed by atoms with Crippen LogP contribution in [0.5, 0.6) is 0 Å². The molecule has 2 atom stereocenters. The Bertz CT molecular complexity index is 1120. The van der Waals surface area contributed by atoms with E-state index < -0.39 is 29.6 Å². The number of nitrogens with two attached hydrogens (primary N) is 2. The normalized spacial score (nSPS) is 19.3. The van der Waals surface area contributed by atoms with E-state index in [9.17, 15) is 14.4 Å². The lowest BCUT2D eigenvalue weighted by Gasteiger charge is -2.24. The Morgan fingerprint density at radius 1 is 1.16 bits per heavy atom. The zero-order chi connectivity index (χ0) is 26.6. The van der Waals surface area contributed by atoms with Crippen LogP contribution >= 0.6 is 0 Å². The average Bonchev–Trinajstić information content (AvgIpc) is 3.62. The van der Waals surface area contributed by atoms with Crippen molar-refractivity contribution in [3.05, 3.63) is 29.7 Å². The van der Waals surface area contributed by atoms with Crippen molar-refractivity contribution in [2.75, 3.05) is 19.8 Å². The number of hydrogen-bond donors (Lipinski definition) is 3. The summed E-state index contributed by atoms with van der Waals surface area (Å²) in [7, 11) is 0. The van der Waals surface area contributed by atoms with Crippen molar-refractivity contribution in [3.8, 4) is 0 Å². The fourth-order valence-corrected chi connectivity index (χ4v) is 4.92. The molecule has 2 aromatic heterocycles. The number of carbonyl (C=O) groups is 3. The quantitative estimate of drug-likeness (QED) is 0.427. The first-order valence-corrected chi connectivity index (χ1v) is 12.9. The van der Waals surface area contributed by atoms with Crippen molar-refractivity contribution in [1.29, 1.82) is 0 Å². The summed E-state index contributed by atoms with van der Waals surface area (Å²) in [6.07, 6.45) is 5.31. The van der Waals surface area contributed by atoms with Gasteiger partial charge in [-0.2, -0.15) is 0 Å². The van der Waals surface area contributed by atoms with E-state index in [2.05, 4.69) is 15.5 Å². The third-order valence-corrected chi connectivity index (χ3v) is 7.01. The molecule has 2 aromatic rings. The van der Waals surface area contributed by atoms with Crippen molar-refractivity contribution in [2.24, 2.45) is 17.4 Å². The predicted molar refractivity (Wildman–Crippen MR) is 134 cm³/mol. The molecule has 1 aliphatic carbocycles. The Morgan fingerprint density at radius 3 is 2.62 bits per heavy atom. The number of hydrogen-bond acceptors (Lipinski definition) is 8. The molecule has 3 amide bonds. The van der Waals surface area contributed by atoms with Crippen LogP contribution in [0.25, 0.3) is 5.65 Å². The van der Waals surface area contributed by atoms with Crippen molar-refractivity contribution in [1.82, 2.24) is 24.8 Å². The van der Waals surface area contributed by atoms with Crippen LogP contribution in [0, 0.1) is 5.92 Å². The number of fused-ring (bicyclic) bond motifs is 1. The molecular weight excluding hydrogens is 478 g/mol. The lowest BCUT2D eigenvalue weighted by Crippen LogP contribution is -2.51. The van der Waals surface area contributed by atoms with E-state index in [1.54, 1.807) is 36.4 Å². The van der Waals surface area contributed by atoms with Gasteiger partial charge in [0.1, 0.15) is 18.7 Å². The second-order valence-corrected chi connectivity index (χ2v) is 10.5. The fraction of sp³-hybridized carbons (Fsp3) is 0.640. The third-order valence-electron chi connectivity index (χ3n) is 7.01. The summed E-state index contributed by atoms with van der Waals surface area (Å²) in [5, 5.41) is 11.6. The molecule has 1 aliphatic heterocycles. The largest absolute Gasteiger partial charge is 0.443 e. The van der Waals surface area contributed by atoms with E-state index in [4.69, 9.17) is 20.9 Å². The molecule has 2 fully saturated rings. The lowest BCUT2D eigenvalue weighted by atomic mass is 10.1. The zero-order valence-electron chi connectivity index (χ0n) is 21.5. The van der Waals surface area contributed by atoms with Crippen LogP contribution in [0.1, 0.15) is 69.9 Å². The monoisotopic (exact) mass is 515 g/mol. The Labute approximate surface area is 216 Å². The maximum absolute atomic E-state index is 12.8. The van der Waals surface area contributed by atoms with Gasteiger partial charge in [-0.25, -0.2) is 4.79 Å². The van der Waals surface area contributed by atoms with Crippen LogP contribution in [-0.4, -0.2) is 68.7 Å². The molecule has 5 N–H and O–H groups in total. The minimum atomic E-state index is -1.10. The molecule has 0 spiro atoms. The lowest BCUT2D eigenvalue weighted by molar-refractivity contribution is -0.126. The van der Waals surface area contributed by atoms with Gasteiger partial charge in [-0.05, 0) is 57.6 Å². The fourth-order valence-electron chi connectivity index (χ4n) is 4.92. The average molecular weight is 516 g/mol. The molecule has 1 saturated carbocycles. The van der Waals surface area contributed by atoms with Crippen LogP contribution < -0.4 is 16.8 Å². The van der Waals surface area contributed by atoms with Gasteiger partial charge < -0.3 is 26.3 Å². The highest BCUT2D eigenvalue weighted by Crippen LogP contribution is 2.26. The first kappa shape index (κ1) is 26.8. The van der Waals surface area contributed by atoms with Crippen molar-refractivity contribution < 1.29 is 23.9 Å². The van der Waals surface area contributed by atoms with Crippen LogP contribution in [0.15, 0.2) is 18.2 Å². The summed E-state index contributed by atoms with van der Waals surface area (Å²) in [5.41, 5.74) is 11.5. The molecule has 2 aliphatic rings. The summed E-state index contributed by atoms with van der Waals surface area (Å²) < 4.78 is 13.3.